The van der Waals surface area contributed by atoms with Crippen molar-refractivity contribution in [3.63, 3.8) is 0 Å². The van der Waals surface area contributed by atoms with E-state index in [1.807, 2.05) is 0 Å². The van der Waals surface area contributed by atoms with Crippen LogP contribution in [0.5, 0.6) is 5.75 Å². The minimum absolute atomic E-state index is 0.156. The summed E-state index contributed by atoms with van der Waals surface area (Å²) in [4.78, 5) is 4.12. The molecule has 0 amide bonds. The van der Waals surface area contributed by atoms with Crippen LogP contribution in [0.4, 0.5) is 14.5 Å². The maximum Gasteiger partial charge on any atom is 0.262 e. The summed E-state index contributed by atoms with van der Waals surface area (Å²) in [6.45, 7) is 1.56. The number of benzene rings is 2. The van der Waals surface area contributed by atoms with E-state index in [0.717, 1.165) is 17.7 Å². The number of fused-ring (bicyclic) bond motifs is 1. The third-order valence-electron chi connectivity index (χ3n) is 5.28. The van der Waals surface area contributed by atoms with Gasteiger partial charge < -0.3 is 14.2 Å². The van der Waals surface area contributed by atoms with Crippen molar-refractivity contribution in [3.8, 4) is 5.75 Å². The SMILES string of the molecule is COC1=C(OC)CC2N=CC=C(Oc3ccc(NS(=O)(=O)c4cc(C)cc(F)c4)c(F)c3)C2=C1. The third kappa shape index (κ3) is 4.81. The lowest BCUT2D eigenvalue weighted by Gasteiger charge is -2.27. The van der Waals surface area contributed by atoms with Gasteiger partial charge in [0.2, 0.25) is 0 Å². The zero-order valence-corrected chi connectivity index (χ0v) is 19.4. The number of anilines is 1. The molecule has 1 heterocycles. The molecule has 0 aromatic heterocycles. The number of methoxy groups -OCH3 is 2. The van der Waals surface area contributed by atoms with Crippen LogP contribution >= 0.6 is 0 Å². The number of rotatable bonds is 7. The Bertz CT molecular complexity index is 1340. The van der Waals surface area contributed by atoms with Gasteiger partial charge in [-0.05, 0) is 55.0 Å². The Balaban J connectivity index is 1.56. The second kappa shape index (κ2) is 9.30. The molecule has 2 aliphatic rings. The predicted octanol–water partition coefficient (Wildman–Crippen LogP) is 4.62. The highest BCUT2D eigenvalue weighted by Gasteiger charge is 2.29. The van der Waals surface area contributed by atoms with Gasteiger partial charge in [-0.15, -0.1) is 0 Å². The summed E-state index contributed by atoms with van der Waals surface area (Å²) in [5.41, 5.74) is 0.873. The highest BCUT2D eigenvalue weighted by Crippen LogP contribution is 2.35. The molecule has 0 radical (unpaired) electrons. The van der Waals surface area contributed by atoms with Crippen molar-refractivity contribution in [1.82, 2.24) is 0 Å². The number of hydrogen-bond acceptors (Lipinski definition) is 6. The summed E-state index contributed by atoms with van der Waals surface area (Å²) in [6, 6.07) is 6.85. The molecule has 0 spiro atoms. The number of aryl methyl sites for hydroxylation is 1. The molecule has 34 heavy (non-hydrogen) atoms. The van der Waals surface area contributed by atoms with Crippen LogP contribution in [0.2, 0.25) is 0 Å². The molecule has 10 heteroatoms. The summed E-state index contributed by atoms with van der Waals surface area (Å²) >= 11 is 0. The Kier molecular flexibility index (Phi) is 6.43. The monoisotopic (exact) mass is 488 g/mol. The van der Waals surface area contributed by atoms with Crippen LogP contribution < -0.4 is 9.46 Å². The van der Waals surface area contributed by atoms with Gasteiger partial charge in [0.1, 0.15) is 23.1 Å². The summed E-state index contributed by atoms with van der Waals surface area (Å²) < 4.78 is 72.4. The van der Waals surface area contributed by atoms with E-state index in [2.05, 4.69) is 9.71 Å². The first kappa shape index (κ1) is 23.5. The van der Waals surface area contributed by atoms with Crippen LogP contribution in [0.25, 0.3) is 0 Å². The van der Waals surface area contributed by atoms with Crippen LogP contribution in [-0.4, -0.2) is 34.9 Å². The summed E-state index contributed by atoms with van der Waals surface area (Å²) in [5, 5.41) is 0. The van der Waals surface area contributed by atoms with Crippen molar-refractivity contribution in [1.29, 1.82) is 0 Å². The number of hydrogen-bond donors (Lipinski definition) is 1. The first-order chi connectivity index (χ1) is 16.2. The molecule has 7 nitrogen and oxygen atoms in total. The average molecular weight is 489 g/mol. The first-order valence-electron chi connectivity index (χ1n) is 10.2. The van der Waals surface area contributed by atoms with Crippen molar-refractivity contribution in [2.24, 2.45) is 4.99 Å². The quantitative estimate of drug-likeness (QED) is 0.615. The lowest BCUT2D eigenvalue weighted by atomic mass is 9.93. The fourth-order valence-corrected chi connectivity index (χ4v) is 4.85. The van der Waals surface area contributed by atoms with Crippen molar-refractivity contribution >= 4 is 21.9 Å². The molecule has 1 aliphatic heterocycles. The molecule has 0 saturated heterocycles. The average Bonchev–Trinajstić information content (AvgIpc) is 2.79. The van der Waals surface area contributed by atoms with Crippen molar-refractivity contribution < 1.29 is 31.4 Å². The van der Waals surface area contributed by atoms with Gasteiger partial charge in [-0.3, -0.25) is 9.71 Å². The van der Waals surface area contributed by atoms with E-state index >= 15 is 0 Å². The maximum atomic E-state index is 14.8. The van der Waals surface area contributed by atoms with Crippen LogP contribution in [0.3, 0.4) is 0 Å². The van der Waals surface area contributed by atoms with E-state index in [4.69, 9.17) is 14.2 Å². The molecule has 0 fully saturated rings. The normalized spacial score (nSPS) is 17.5. The van der Waals surface area contributed by atoms with E-state index in [9.17, 15) is 17.2 Å². The number of allylic oxidation sites excluding steroid dienone is 2. The standard InChI is InChI=1S/C24H22F2N2O5S/c1-14-8-15(25)10-17(9-14)34(29,30)28-20-5-4-16(11-19(20)26)33-22-6-7-27-21-13-24(32-3)23(31-2)12-18(21)22/h4-12,21,28H,13H2,1-3H3. The molecule has 0 saturated carbocycles. The van der Waals surface area contributed by atoms with Crippen molar-refractivity contribution in [3.05, 3.63) is 88.6 Å². The Labute approximate surface area is 196 Å². The summed E-state index contributed by atoms with van der Waals surface area (Å²) in [5.74, 6) is 0.256. The van der Waals surface area contributed by atoms with E-state index in [0.29, 0.717) is 29.3 Å². The maximum absolute atomic E-state index is 14.8. The molecular formula is C24H22F2N2O5S. The minimum Gasteiger partial charge on any atom is -0.497 e. The fourth-order valence-electron chi connectivity index (χ4n) is 3.66. The lowest BCUT2D eigenvalue weighted by Crippen LogP contribution is -2.22. The topological polar surface area (TPSA) is 86.2 Å². The summed E-state index contributed by atoms with van der Waals surface area (Å²) in [7, 11) is -1.11. The number of dihydropyridines is 1. The molecule has 2 aromatic carbocycles. The number of sulfonamides is 1. The predicted molar refractivity (Wildman–Crippen MR) is 123 cm³/mol. The molecule has 1 N–H and O–H groups in total. The number of ether oxygens (including phenoxy) is 3. The van der Waals surface area contributed by atoms with Crippen LogP contribution in [0.15, 0.2) is 81.3 Å². The van der Waals surface area contributed by atoms with E-state index in [1.165, 1.54) is 31.4 Å². The molecule has 0 bridgehead atoms. The van der Waals surface area contributed by atoms with Gasteiger partial charge in [-0.1, -0.05) is 0 Å². The molecule has 1 aliphatic carbocycles. The van der Waals surface area contributed by atoms with Gasteiger partial charge in [0.25, 0.3) is 10.0 Å². The lowest BCUT2D eigenvalue weighted by molar-refractivity contribution is 0.213. The van der Waals surface area contributed by atoms with E-state index < -0.39 is 21.7 Å². The van der Waals surface area contributed by atoms with Crippen molar-refractivity contribution in [2.45, 2.75) is 24.3 Å². The number of nitrogens with one attached hydrogen (secondary N) is 1. The second-order valence-electron chi connectivity index (χ2n) is 7.66. The number of aliphatic imine (C=N–C) groups is 1. The Hall–Kier alpha value is -3.66. The Morgan fingerprint density at radius 3 is 2.56 bits per heavy atom. The molecule has 2 aromatic rings. The molecule has 4 rings (SSSR count). The van der Waals surface area contributed by atoms with Crippen molar-refractivity contribution in [2.75, 3.05) is 18.9 Å². The molecule has 1 atom stereocenters. The largest absolute Gasteiger partial charge is 0.497 e. The minimum atomic E-state index is -4.19. The number of halogens is 2. The highest BCUT2D eigenvalue weighted by atomic mass is 32.2. The van der Waals surface area contributed by atoms with Gasteiger partial charge in [0.15, 0.2) is 11.6 Å². The third-order valence-corrected chi connectivity index (χ3v) is 6.63. The van der Waals surface area contributed by atoms with E-state index in [1.54, 1.807) is 32.4 Å². The van der Waals surface area contributed by atoms with Crippen LogP contribution in [-0.2, 0) is 19.5 Å². The van der Waals surface area contributed by atoms with Crippen LogP contribution in [0, 0.1) is 18.6 Å². The Morgan fingerprint density at radius 1 is 1.09 bits per heavy atom. The highest BCUT2D eigenvalue weighted by molar-refractivity contribution is 7.92. The fraction of sp³-hybridized carbons (Fsp3) is 0.208. The Morgan fingerprint density at radius 2 is 1.88 bits per heavy atom. The molecule has 178 valence electrons. The van der Waals surface area contributed by atoms with Gasteiger partial charge in [0, 0.05) is 24.3 Å². The zero-order valence-electron chi connectivity index (χ0n) is 18.6. The van der Waals surface area contributed by atoms with Gasteiger partial charge in [0.05, 0.1) is 30.8 Å². The molecular weight excluding hydrogens is 466 g/mol. The molecule has 1 unspecified atom stereocenters. The van der Waals surface area contributed by atoms with Gasteiger partial charge >= 0.3 is 0 Å². The van der Waals surface area contributed by atoms with Gasteiger partial charge in [-0.2, -0.15) is 0 Å². The van der Waals surface area contributed by atoms with Gasteiger partial charge in [-0.25, -0.2) is 17.2 Å². The van der Waals surface area contributed by atoms with Crippen LogP contribution in [0.1, 0.15) is 12.0 Å². The zero-order chi connectivity index (χ0) is 24.5. The first-order valence-corrected chi connectivity index (χ1v) is 11.7. The number of nitrogens with zero attached hydrogens (tertiary/aromatic N) is 1. The van der Waals surface area contributed by atoms with E-state index in [-0.39, 0.29) is 22.4 Å². The smallest absolute Gasteiger partial charge is 0.262 e. The summed E-state index contributed by atoms with van der Waals surface area (Å²) in [6.07, 6.45) is 5.49. The second-order valence-corrected chi connectivity index (χ2v) is 9.34.